The predicted molar refractivity (Wildman–Crippen MR) is 123 cm³/mol. The van der Waals surface area contributed by atoms with E-state index in [2.05, 4.69) is 40.8 Å². The summed E-state index contributed by atoms with van der Waals surface area (Å²) >= 11 is 0. The zero-order valence-electron chi connectivity index (χ0n) is 18.9. The number of tetrazole rings is 1. The minimum absolute atomic E-state index is 0.0187. The van der Waals surface area contributed by atoms with Crippen LogP contribution in [0.1, 0.15) is 49.6 Å². The molecule has 2 heterocycles. The zero-order valence-corrected chi connectivity index (χ0v) is 18.9. The van der Waals surface area contributed by atoms with Crippen LogP contribution in [0.5, 0.6) is 0 Å². The number of benzene rings is 2. The van der Waals surface area contributed by atoms with Crippen molar-refractivity contribution >= 4 is 23.2 Å². The van der Waals surface area contributed by atoms with Gasteiger partial charge in [0.1, 0.15) is 0 Å². The number of amides is 2. The molecule has 8 nitrogen and oxygen atoms in total. The summed E-state index contributed by atoms with van der Waals surface area (Å²) in [4.78, 5) is 27.6. The number of nitrogens with one attached hydrogen (secondary N) is 1. The molecule has 2 unspecified atom stereocenters. The van der Waals surface area contributed by atoms with Crippen LogP contribution in [0.3, 0.4) is 0 Å². The summed E-state index contributed by atoms with van der Waals surface area (Å²) in [5, 5.41) is 14.6. The summed E-state index contributed by atoms with van der Waals surface area (Å²) < 4.78 is 1.64. The Labute approximate surface area is 187 Å². The fourth-order valence-corrected chi connectivity index (χ4v) is 4.10. The summed E-state index contributed by atoms with van der Waals surface area (Å²) in [5.41, 5.74) is 4.49. The number of para-hydroxylation sites is 1. The quantitative estimate of drug-likeness (QED) is 0.640. The van der Waals surface area contributed by atoms with Crippen molar-refractivity contribution in [3.63, 3.8) is 0 Å². The van der Waals surface area contributed by atoms with Crippen LogP contribution in [-0.2, 0) is 9.59 Å². The molecule has 1 aliphatic rings. The smallest absolute Gasteiger partial charge is 0.229 e. The molecule has 1 fully saturated rings. The average molecular weight is 433 g/mol. The Balaban J connectivity index is 1.52. The van der Waals surface area contributed by atoms with Gasteiger partial charge in [-0.3, -0.25) is 9.59 Å². The van der Waals surface area contributed by atoms with Gasteiger partial charge in [0.05, 0.1) is 11.6 Å². The number of aryl methyl sites for hydroxylation is 2. The van der Waals surface area contributed by atoms with Crippen molar-refractivity contribution in [1.82, 2.24) is 20.2 Å². The number of hydrogen-bond donors (Lipinski definition) is 1. The predicted octanol–water partition coefficient (Wildman–Crippen LogP) is 3.78. The Morgan fingerprint density at radius 1 is 1.19 bits per heavy atom. The largest absolute Gasteiger partial charge is 0.326 e. The van der Waals surface area contributed by atoms with Crippen LogP contribution in [0.2, 0.25) is 0 Å². The molecule has 0 radical (unpaired) electrons. The Bertz CT molecular complexity index is 1150. The normalized spacial score (nSPS) is 16.9. The first-order valence-electron chi connectivity index (χ1n) is 10.9. The number of carbonyl (C=O) groups excluding carboxylic acids is 2. The molecule has 1 aromatic heterocycles. The molecule has 1 N–H and O–H groups in total. The van der Waals surface area contributed by atoms with E-state index in [0.29, 0.717) is 24.0 Å². The fraction of sp³-hybridized carbons (Fsp3) is 0.375. The zero-order chi connectivity index (χ0) is 22.8. The van der Waals surface area contributed by atoms with Crippen LogP contribution in [0.4, 0.5) is 11.4 Å². The Morgan fingerprint density at radius 2 is 1.97 bits per heavy atom. The highest BCUT2D eigenvalue weighted by Gasteiger charge is 2.36. The second-order valence-electron chi connectivity index (χ2n) is 8.40. The van der Waals surface area contributed by atoms with Gasteiger partial charge in [0.25, 0.3) is 0 Å². The Morgan fingerprint density at radius 3 is 2.69 bits per heavy atom. The maximum atomic E-state index is 13.0. The van der Waals surface area contributed by atoms with Crippen LogP contribution in [0.25, 0.3) is 5.69 Å². The van der Waals surface area contributed by atoms with Gasteiger partial charge in [-0.15, -0.1) is 5.10 Å². The molecule has 4 rings (SSSR count). The number of aromatic nitrogens is 4. The summed E-state index contributed by atoms with van der Waals surface area (Å²) in [6, 6.07) is 13.6. The Kier molecular flexibility index (Phi) is 6.03. The van der Waals surface area contributed by atoms with Gasteiger partial charge in [0, 0.05) is 24.3 Å². The molecule has 1 aliphatic heterocycles. The number of anilines is 2. The highest BCUT2D eigenvalue weighted by molar-refractivity contribution is 6.04. The standard InChI is InChI=1S/C24H28N6O2/c1-5-15(2)20-8-6-7-9-21(20)29-14-18(12-23(29)31)24(32)25-19-11-10-16(3)22(13-19)30-17(4)26-27-28-30/h6-11,13,15,18H,5,12,14H2,1-4H3,(H,25,32). The van der Waals surface area contributed by atoms with Gasteiger partial charge in [0.15, 0.2) is 5.82 Å². The van der Waals surface area contributed by atoms with E-state index in [-0.39, 0.29) is 18.2 Å². The van der Waals surface area contributed by atoms with Gasteiger partial charge in [-0.25, -0.2) is 0 Å². The number of carbonyl (C=O) groups is 2. The molecular weight excluding hydrogens is 404 g/mol. The van der Waals surface area contributed by atoms with Crippen molar-refractivity contribution in [3.8, 4) is 5.69 Å². The van der Waals surface area contributed by atoms with E-state index in [1.807, 2.05) is 50.2 Å². The van der Waals surface area contributed by atoms with E-state index in [4.69, 9.17) is 0 Å². The van der Waals surface area contributed by atoms with Crippen molar-refractivity contribution in [2.75, 3.05) is 16.8 Å². The highest BCUT2D eigenvalue weighted by atomic mass is 16.2. The highest BCUT2D eigenvalue weighted by Crippen LogP contribution is 2.34. The lowest BCUT2D eigenvalue weighted by atomic mass is 9.96. The van der Waals surface area contributed by atoms with E-state index in [1.54, 1.807) is 9.58 Å². The third-order valence-corrected chi connectivity index (χ3v) is 6.20. The first-order valence-corrected chi connectivity index (χ1v) is 10.9. The Hall–Kier alpha value is -3.55. The summed E-state index contributed by atoms with van der Waals surface area (Å²) in [6.07, 6.45) is 1.19. The number of rotatable bonds is 6. The molecule has 2 amide bonds. The molecule has 0 saturated carbocycles. The molecule has 2 aromatic carbocycles. The van der Waals surface area contributed by atoms with Gasteiger partial charge in [0.2, 0.25) is 11.8 Å². The second kappa shape index (κ2) is 8.90. The lowest BCUT2D eigenvalue weighted by Crippen LogP contribution is -2.29. The molecule has 0 spiro atoms. The second-order valence-corrected chi connectivity index (χ2v) is 8.40. The van der Waals surface area contributed by atoms with E-state index >= 15 is 0 Å². The molecular formula is C24H28N6O2. The molecule has 0 aliphatic carbocycles. The molecule has 1 saturated heterocycles. The van der Waals surface area contributed by atoms with Gasteiger partial charge in [-0.1, -0.05) is 38.1 Å². The molecule has 32 heavy (non-hydrogen) atoms. The van der Waals surface area contributed by atoms with Crippen molar-refractivity contribution in [2.45, 2.75) is 46.5 Å². The van der Waals surface area contributed by atoms with Crippen LogP contribution in [0, 0.1) is 19.8 Å². The van der Waals surface area contributed by atoms with Gasteiger partial charge < -0.3 is 10.2 Å². The maximum absolute atomic E-state index is 13.0. The van der Waals surface area contributed by atoms with Crippen molar-refractivity contribution in [1.29, 1.82) is 0 Å². The monoisotopic (exact) mass is 432 g/mol. The van der Waals surface area contributed by atoms with E-state index in [0.717, 1.165) is 28.9 Å². The van der Waals surface area contributed by atoms with E-state index in [9.17, 15) is 9.59 Å². The summed E-state index contributed by atoms with van der Waals surface area (Å²) in [6.45, 7) is 8.45. The third kappa shape index (κ3) is 4.12. The number of hydrogen-bond acceptors (Lipinski definition) is 5. The van der Waals surface area contributed by atoms with Crippen molar-refractivity contribution in [2.24, 2.45) is 5.92 Å². The first kappa shape index (κ1) is 21.7. The third-order valence-electron chi connectivity index (χ3n) is 6.20. The average Bonchev–Trinajstić information content (AvgIpc) is 3.40. The van der Waals surface area contributed by atoms with Gasteiger partial charge in [-0.2, -0.15) is 4.68 Å². The molecule has 3 aromatic rings. The number of nitrogens with zero attached hydrogens (tertiary/aromatic N) is 5. The SMILES string of the molecule is CCC(C)c1ccccc1N1CC(C(=O)Nc2ccc(C)c(-n3nnnc3C)c2)CC1=O. The van der Waals surface area contributed by atoms with Gasteiger partial charge >= 0.3 is 0 Å². The van der Waals surface area contributed by atoms with Gasteiger partial charge in [-0.05, 0) is 65.9 Å². The van der Waals surface area contributed by atoms with Crippen molar-refractivity contribution in [3.05, 3.63) is 59.4 Å². The molecule has 0 bridgehead atoms. The van der Waals surface area contributed by atoms with E-state index < -0.39 is 5.92 Å². The minimum atomic E-state index is -0.410. The fourth-order valence-electron chi connectivity index (χ4n) is 4.10. The summed E-state index contributed by atoms with van der Waals surface area (Å²) in [5.74, 6) is 0.410. The van der Waals surface area contributed by atoms with E-state index in [1.165, 1.54) is 0 Å². The maximum Gasteiger partial charge on any atom is 0.229 e. The van der Waals surface area contributed by atoms with Crippen molar-refractivity contribution < 1.29 is 9.59 Å². The molecule has 2 atom stereocenters. The minimum Gasteiger partial charge on any atom is -0.326 e. The first-order chi connectivity index (χ1) is 15.4. The summed E-state index contributed by atoms with van der Waals surface area (Å²) in [7, 11) is 0. The lowest BCUT2D eigenvalue weighted by molar-refractivity contribution is -0.122. The topological polar surface area (TPSA) is 93.0 Å². The molecule has 166 valence electrons. The molecule has 8 heteroatoms. The van der Waals surface area contributed by atoms with Crippen LogP contribution < -0.4 is 10.2 Å². The lowest BCUT2D eigenvalue weighted by Gasteiger charge is -2.23. The van der Waals surface area contributed by atoms with Crippen LogP contribution in [-0.4, -0.2) is 38.6 Å². The van der Waals surface area contributed by atoms with Crippen LogP contribution >= 0.6 is 0 Å². The van der Waals surface area contributed by atoms with Crippen LogP contribution in [0.15, 0.2) is 42.5 Å².